The summed E-state index contributed by atoms with van der Waals surface area (Å²) in [6, 6.07) is 26.6. The number of aryl methyl sites for hydroxylation is 1. The molecular formula is C30H29N3O4. The third-order valence-electron chi connectivity index (χ3n) is 6.55. The van der Waals surface area contributed by atoms with Crippen molar-refractivity contribution in [1.82, 2.24) is 10.3 Å². The van der Waals surface area contributed by atoms with Crippen LogP contribution in [-0.2, 0) is 16.1 Å². The average Bonchev–Trinajstić information content (AvgIpc) is 3.64. The average molecular weight is 496 g/mol. The van der Waals surface area contributed by atoms with E-state index >= 15 is 0 Å². The monoisotopic (exact) mass is 495 g/mol. The van der Waals surface area contributed by atoms with E-state index in [4.69, 9.17) is 14.5 Å². The quantitative estimate of drug-likeness (QED) is 0.305. The van der Waals surface area contributed by atoms with Crippen LogP contribution in [0.25, 0.3) is 10.9 Å². The van der Waals surface area contributed by atoms with Crippen molar-refractivity contribution in [3.05, 3.63) is 102 Å². The molecule has 1 fully saturated rings. The summed E-state index contributed by atoms with van der Waals surface area (Å²) in [7, 11) is 0. The molecule has 7 heteroatoms. The van der Waals surface area contributed by atoms with Crippen LogP contribution >= 0.6 is 0 Å². The number of ether oxygens (including phenoxy) is 2. The van der Waals surface area contributed by atoms with Gasteiger partial charge in [-0.3, -0.25) is 0 Å². The lowest BCUT2D eigenvalue weighted by Crippen LogP contribution is -2.47. The highest BCUT2D eigenvalue weighted by molar-refractivity contribution is 5.97. The van der Waals surface area contributed by atoms with E-state index in [-0.39, 0.29) is 12.5 Å². The van der Waals surface area contributed by atoms with E-state index in [9.17, 15) is 9.59 Å². The smallest absolute Gasteiger partial charge is 0.332 e. The normalized spacial score (nSPS) is 18.2. The van der Waals surface area contributed by atoms with E-state index in [1.165, 1.54) is 0 Å². The summed E-state index contributed by atoms with van der Waals surface area (Å²) >= 11 is 0. The Morgan fingerprint density at radius 2 is 1.76 bits per heavy atom. The molecule has 2 amide bonds. The van der Waals surface area contributed by atoms with Gasteiger partial charge in [-0.2, -0.15) is 0 Å². The van der Waals surface area contributed by atoms with E-state index in [2.05, 4.69) is 10.6 Å². The second-order valence-electron chi connectivity index (χ2n) is 9.23. The number of hydrogen-bond acceptors (Lipinski definition) is 5. The minimum absolute atomic E-state index is 0.219. The fourth-order valence-corrected chi connectivity index (χ4v) is 4.48. The number of carbonyl (C=O) groups excluding carboxylic acids is 2. The number of aromatic nitrogens is 1. The van der Waals surface area contributed by atoms with E-state index in [1.54, 1.807) is 6.92 Å². The molecule has 1 aliphatic carbocycles. The zero-order valence-corrected chi connectivity index (χ0v) is 20.9. The van der Waals surface area contributed by atoms with Crippen molar-refractivity contribution in [3.63, 3.8) is 0 Å². The number of para-hydroxylation sites is 1. The summed E-state index contributed by atoms with van der Waals surface area (Å²) in [4.78, 5) is 30.8. The van der Waals surface area contributed by atoms with E-state index in [0.29, 0.717) is 35.7 Å². The lowest BCUT2D eigenvalue weighted by atomic mass is 10.1. The maximum Gasteiger partial charge on any atom is 0.332 e. The largest absolute Gasteiger partial charge is 0.487 e. The Morgan fingerprint density at radius 3 is 2.51 bits per heavy atom. The van der Waals surface area contributed by atoms with Crippen LogP contribution in [0.1, 0.15) is 36.1 Å². The first-order chi connectivity index (χ1) is 18.0. The number of nitrogens with one attached hydrogen (secondary N) is 2. The molecule has 188 valence electrons. The van der Waals surface area contributed by atoms with Gasteiger partial charge in [-0.1, -0.05) is 66.2 Å². The molecule has 1 saturated carbocycles. The lowest BCUT2D eigenvalue weighted by Gasteiger charge is -2.19. The molecule has 2 atom stereocenters. The molecule has 1 aliphatic rings. The van der Waals surface area contributed by atoms with Crippen LogP contribution in [0.2, 0.25) is 0 Å². The Balaban J connectivity index is 1.38. The van der Waals surface area contributed by atoms with Crippen molar-refractivity contribution in [2.24, 2.45) is 0 Å². The van der Waals surface area contributed by atoms with Gasteiger partial charge in [-0.05, 0) is 50.1 Å². The molecule has 4 aromatic rings. The first-order valence-electron chi connectivity index (χ1n) is 12.4. The predicted molar refractivity (Wildman–Crippen MR) is 143 cm³/mol. The number of anilines is 1. The molecule has 0 aliphatic heterocycles. The van der Waals surface area contributed by atoms with Crippen molar-refractivity contribution >= 4 is 28.6 Å². The van der Waals surface area contributed by atoms with Crippen LogP contribution in [0.5, 0.6) is 5.75 Å². The molecule has 1 aromatic heterocycles. The van der Waals surface area contributed by atoms with Crippen molar-refractivity contribution in [1.29, 1.82) is 0 Å². The van der Waals surface area contributed by atoms with Crippen molar-refractivity contribution < 1.29 is 19.1 Å². The molecule has 1 heterocycles. The Kier molecular flexibility index (Phi) is 6.77. The van der Waals surface area contributed by atoms with Gasteiger partial charge in [0.25, 0.3) is 0 Å². The molecule has 2 unspecified atom stereocenters. The van der Waals surface area contributed by atoms with Crippen molar-refractivity contribution in [2.75, 3.05) is 11.9 Å². The van der Waals surface area contributed by atoms with Gasteiger partial charge >= 0.3 is 12.0 Å². The molecular weight excluding hydrogens is 466 g/mol. The van der Waals surface area contributed by atoms with Crippen molar-refractivity contribution in [2.45, 2.75) is 38.3 Å². The molecule has 0 spiro atoms. The maximum absolute atomic E-state index is 13.0. The number of hydrogen-bond donors (Lipinski definition) is 2. The first-order valence-corrected chi connectivity index (χ1v) is 12.4. The minimum atomic E-state index is -1.18. The molecule has 0 saturated heterocycles. The summed E-state index contributed by atoms with van der Waals surface area (Å²) < 4.78 is 11.5. The second kappa shape index (κ2) is 10.3. The second-order valence-corrected chi connectivity index (χ2v) is 9.23. The predicted octanol–water partition coefficient (Wildman–Crippen LogP) is 5.73. The van der Waals surface area contributed by atoms with Crippen LogP contribution in [0.15, 0.2) is 84.9 Å². The first kappa shape index (κ1) is 24.3. The standard InChI is InChI=1S/C30H29N3O4/c1-3-36-28(34)30(33-29(35)31-23-15-12-20(2)13-16-23)18-24(30)25-17-14-22-10-7-11-26(27(22)32-25)37-19-21-8-5-4-6-9-21/h4-17,24H,3,18-19H2,1-2H3,(H2,31,33,35). The summed E-state index contributed by atoms with van der Waals surface area (Å²) in [6.07, 6.45) is 0.401. The highest BCUT2D eigenvalue weighted by atomic mass is 16.5. The third kappa shape index (κ3) is 5.26. The number of amides is 2. The number of rotatable bonds is 8. The number of esters is 1. The van der Waals surface area contributed by atoms with Gasteiger partial charge in [0.2, 0.25) is 0 Å². The van der Waals surface area contributed by atoms with Crippen LogP contribution in [0.3, 0.4) is 0 Å². The summed E-state index contributed by atoms with van der Waals surface area (Å²) in [6.45, 7) is 4.36. The Morgan fingerprint density at radius 1 is 0.973 bits per heavy atom. The Bertz CT molecular complexity index is 1420. The van der Waals surface area contributed by atoms with Gasteiger partial charge in [0.05, 0.1) is 6.61 Å². The van der Waals surface area contributed by atoms with E-state index in [1.807, 2.05) is 91.9 Å². The van der Waals surface area contributed by atoms with Crippen LogP contribution in [0, 0.1) is 6.92 Å². The number of urea groups is 1. The number of nitrogens with zero attached hydrogens (tertiary/aromatic N) is 1. The molecule has 3 aromatic carbocycles. The third-order valence-corrected chi connectivity index (χ3v) is 6.55. The Hall–Kier alpha value is -4.39. The Labute approximate surface area is 215 Å². The number of carbonyl (C=O) groups is 2. The van der Waals surface area contributed by atoms with Gasteiger partial charge in [-0.15, -0.1) is 0 Å². The van der Waals surface area contributed by atoms with Crippen LogP contribution in [-0.4, -0.2) is 29.1 Å². The van der Waals surface area contributed by atoms with E-state index < -0.39 is 17.5 Å². The van der Waals surface area contributed by atoms with Gasteiger partial charge in [0.1, 0.15) is 23.4 Å². The van der Waals surface area contributed by atoms with Crippen molar-refractivity contribution in [3.8, 4) is 5.75 Å². The fourth-order valence-electron chi connectivity index (χ4n) is 4.48. The fraction of sp³-hybridized carbons (Fsp3) is 0.233. The van der Waals surface area contributed by atoms with Crippen LogP contribution in [0.4, 0.5) is 10.5 Å². The topological polar surface area (TPSA) is 89.5 Å². The summed E-state index contributed by atoms with van der Waals surface area (Å²) in [5.41, 5.74) is 3.03. The maximum atomic E-state index is 13.0. The molecule has 7 nitrogen and oxygen atoms in total. The minimum Gasteiger partial charge on any atom is -0.487 e. The molecule has 2 N–H and O–H groups in total. The SMILES string of the molecule is CCOC(=O)C1(NC(=O)Nc2ccc(C)cc2)CC1c1ccc2cccc(OCc3ccccc3)c2n1. The lowest BCUT2D eigenvalue weighted by molar-refractivity contribution is -0.146. The molecule has 0 bridgehead atoms. The molecule has 0 radical (unpaired) electrons. The van der Waals surface area contributed by atoms with Gasteiger partial charge in [-0.25, -0.2) is 14.6 Å². The summed E-state index contributed by atoms with van der Waals surface area (Å²) in [5.74, 6) is -0.118. The van der Waals surface area contributed by atoms with Gasteiger partial charge in [0.15, 0.2) is 0 Å². The highest BCUT2D eigenvalue weighted by Gasteiger charge is 2.64. The van der Waals surface area contributed by atoms with Gasteiger partial charge in [0, 0.05) is 22.7 Å². The zero-order chi connectivity index (χ0) is 25.8. The summed E-state index contributed by atoms with van der Waals surface area (Å²) in [5, 5.41) is 6.62. The van der Waals surface area contributed by atoms with Gasteiger partial charge < -0.3 is 20.1 Å². The number of pyridine rings is 1. The molecule has 5 rings (SSSR count). The number of benzene rings is 3. The van der Waals surface area contributed by atoms with E-state index in [0.717, 1.165) is 16.5 Å². The highest BCUT2D eigenvalue weighted by Crippen LogP contribution is 2.52. The zero-order valence-electron chi connectivity index (χ0n) is 20.9. The molecule has 37 heavy (non-hydrogen) atoms. The van der Waals surface area contributed by atoms with Crippen LogP contribution < -0.4 is 15.4 Å². The number of fused-ring (bicyclic) bond motifs is 1.